The number of carbonyl (C=O) groups is 2. The van der Waals surface area contributed by atoms with Gasteiger partial charge >= 0.3 is 0 Å². The van der Waals surface area contributed by atoms with Crippen LogP contribution in [0, 0.1) is 12.8 Å². The third-order valence-corrected chi connectivity index (χ3v) is 6.41. The lowest BCUT2D eigenvalue weighted by Crippen LogP contribution is -2.37. The summed E-state index contributed by atoms with van der Waals surface area (Å²) in [4.78, 5) is 29.1. The predicted molar refractivity (Wildman–Crippen MR) is 136 cm³/mol. The van der Waals surface area contributed by atoms with Crippen LogP contribution >= 0.6 is 0 Å². The van der Waals surface area contributed by atoms with Crippen LogP contribution in [-0.4, -0.2) is 47.0 Å². The third-order valence-electron chi connectivity index (χ3n) is 6.41. The first-order valence-corrected chi connectivity index (χ1v) is 12.1. The smallest absolute Gasteiger partial charge is 0.260 e. The molecule has 0 radical (unpaired) electrons. The van der Waals surface area contributed by atoms with Gasteiger partial charge in [0, 0.05) is 37.0 Å². The fourth-order valence-electron chi connectivity index (χ4n) is 4.08. The summed E-state index contributed by atoms with van der Waals surface area (Å²) in [5.41, 5.74) is 4.31. The van der Waals surface area contributed by atoms with Gasteiger partial charge in [-0.3, -0.25) is 9.59 Å². The molecule has 3 atom stereocenters. The van der Waals surface area contributed by atoms with E-state index in [1.54, 1.807) is 19.3 Å². The average molecular weight is 501 g/mol. The van der Waals surface area contributed by atoms with E-state index in [9.17, 15) is 23.5 Å². The molecule has 36 heavy (non-hydrogen) atoms. The molecule has 1 aliphatic carbocycles. The standard InChI is InChI=1S/C27H34F2N4O3/c1-6-8-18(25(35)30-5)19(20-14-31-22(9-16(20)4)23(34)7-2)11-17-13-32-24(10-15(17)3)33-26(36)21-12-27(21,28)29/h8-11,13-14,21-23,31,34H,6-7,12H2,1-5H3,(H,30,35)(H,32,33,36)/b18-8-,19-11+. The molecular weight excluding hydrogens is 466 g/mol. The van der Waals surface area contributed by atoms with E-state index in [0.717, 1.165) is 16.7 Å². The van der Waals surface area contributed by atoms with Crippen molar-refractivity contribution in [3.63, 3.8) is 0 Å². The zero-order valence-electron chi connectivity index (χ0n) is 21.3. The van der Waals surface area contributed by atoms with Gasteiger partial charge in [0.05, 0.1) is 12.1 Å². The number of dihydropyridines is 1. The van der Waals surface area contributed by atoms with Crippen LogP contribution in [0.3, 0.4) is 0 Å². The average Bonchev–Trinajstić information content (AvgIpc) is 3.49. The molecule has 1 aromatic heterocycles. The number of aryl methyl sites for hydroxylation is 1. The summed E-state index contributed by atoms with van der Waals surface area (Å²) in [6, 6.07) is 1.39. The topological polar surface area (TPSA) is 103 Å². The molecule has 0 aromatic carbocycles. The van der Waals surface area contributed by atoms with Crippen LogP contribution in [0.2, 0.25) is 0 Å². The summed E-state index contributed by atoms with van der Waals surface area (Å²) >= 11 is 0. The Hall–Kier alpha value is -3.33. The number of likely N-dealkylation sites (N-methyl/N-ethyl adjacent to an activating group) is 1. The lowest BCUT2D eigenvalue weighted by molar-refractivity contribution is -0.119. The van der Waals surface area contributed by atoms with Gasteiger partial charge in [-0.15, -0.1) is 0 Å². The molecule has 7 nitrogen and oxygen atoms in total. The minimum absolute atomic E-state index is 0.195. The van der Waals surface area contributed by atoms with Crippen LogP contribution in [0.1, 0.15) is 51.2 Å². The molecule has 1 saturated carbocycles. The number of aromatic nitrogens is 1. The van der Waals surface area contributed by atoms with Crippen LogP contribution in [0.25, 0.3) is 6.08 Å². The molecule has 9 heteroatoms. The van der Waals surface area contributed by atoms with E-state index in [4.69, 9.17) is 0 Å². The molecule has 3 rings (SSSR count). The second-order valence-electron chi connectivity index (χ2n) is 9.17. The number of nitrogens with zero attached hydrogens (tertiary/aromatic N) is 1. The Balaban J connectivity index is 1.98. The third kappa shape index (κ3) is 6.07. The van der Waals surface area contributed by atoms with Crippen molar-refractivity contribution in [2.45, 2.75) is 65.0 Å². The maximum absolute atomic E-state index is 13.2. The maximum atomic E-state index is 13.2. The van der Waals surface area contributed by atoms with Crippen molar-refractivity contribution in [1.82, 2.24) is 15.6 Å². The van der Waals surface area contributed by atoms with E-state index in [2.05, 4.69) is 20.9 Å². The van der Waals surface area contributed by atoms with Crippen LogP contribution in [0.5, 0.6) is 0 Å². The van der Waals surface area contributed by atoms with E-state index >= 15 is 0 Å². The number of anilines is 1. The van der Waals surface area contributed by atoms with E-state index in [1.807, 2.05) is 52.1 Å². The Morgan fingerprint density at radius 2 is 2.03 bits per heavy atom. The monoisotopic (exact) mass is 500 g/mol. The molecule has 0 bridgehead atoms. The number of rotatable bonds is 9. The molecule has 2 aliphatic rings. The van der Waals surface area contributed by atoms with Gasteiger partial charge in [0.15, 0.2) is 0 Å². The number of alkyl halides is 2. The Morgan fingerprint density at radius 3 is 2.56 bits per heavy atom. The predicted octanol–water partition coefficient (Wildman–Crippen LogP) is 4.02. The fraction of sp³-hybridized carbons (Fsp3) is 0.444. The highest BCUT2D eigenvalue weighted by Gasteiger charge is 2.61. The van der Waals surface area contributed by atoms with Gasteiger partial charge in [-0.25, -0.2) is 13.8 Å². The Morgan fingerprint density at radius 1 is 1.33 bits per heavy atom. The van der Waals surface area contributed by atoms with Gasteiger partial charge in [0.2, 0.25) is 5.91 Å². The maximum Gasteiger partial charge on any atom is 0.260 e. The molecule has 0 saturated heterocycles. The molecule has 0 spiro atoms. The summed E-state index contributed by atoms with van der Waals surface area (Å²) in [5, 5.41) is 18.6. The Labute approximate surface area is 210 Å². The summed E-state index contributed by atoms with van der Waals surface area (Å²) in [6.07, 6.45) is 9.24. The van der Waals surface area contributed by atoms with Crippen LogP contribution in [0.4, 0.5) is 14.6 Å². The molecule has 2 heterocycles. The van der Waals surface area contributed by atoms with Gasteiger partial charge in [-0.1, -0.05) is 26.0 Å². The number of nitrogens with one attached hydrogen (secondary N) is 3. The molecule has 3 unspecified atom stereocenters. The number of aliphatic hydroxyl groups excluding tert-OH is 1. The van der Waals surface area contributed by atoms with Gasteiger partial charge in [-0.05, 0) is 61.1 Å². The van der Waals surface area contributed by atoms with E-state index < -0.39 is 30.3 Å². The molecule has 2 amide bonds. The van der Waals surface area contributed by atoms with Gasteiger partial charge in [0.25, 0.3) is 11.8 Å². The Kier molecular flexibility index (Phi) is 8.45. The SMILES string of the molecule is CC/C=C(C(=O)NC)/C(=C\c1cnc(NC(=O)C2CC2(F)F)cc1C)C1=CNC(C(O)CC)C=C1C. The summed E-state index contributed by atoms with van der Waals surface area (Å²) < 4.78 is 26.4. The summed E-state index contributed by atoms with van der Waals surface area (Å²) in [5.74, 6) is -5.05. The number of halogens is 2. The van der Waals surface area contributed by atoms with Crippen molar-refractivity contribution in [1.29, 1.82) is 0 Å². The molecule has 1 fully saturated rings. The van der Waals surface area contributed by atoms with Crippen LogP contribution in [0.15, 0.2) is 52.9 Å². The quantitative estimate of drug-likeness (QED) is 0.303. The highest BCUT2D eigenvalue weighted by atomic mass is 19.3. The van der Waals surface area contributed by atoms with Crippen molar-refractivity contribution >= 4 is 23.7 Å². The minimum atomic E-state index is -2.95. The van der Waals surface area contributed by atoms with Crippen molar-refractivity contribution in [2.24, 2.45) is 5.92 Å². The first-order valence-electron chi connectivity index (χ1n) is 12.1. The summed E-state index contributed by atoms with van der Waals surface area (Å²) in [6.45, 7) is 7.60. The molecule has 194 valence electrons. The number of aliphatic hydroxyl groups is 1. The highest BCUT2D eigenvalue weighted by molar-refractivity contribution is 6.01. The largest absolute Gasteiger partial charge is 0.391 e. The number of pyridine rings is 1. The number of carbonyl (C=O) groups excluding carboxylic acids is 2. The normalized spacial score (nSPS) is 22.1. The first-order chi connectivity index (χ1) is 17.0. The molecule has 4 N–H and O–H groups in total. The second kappa shape index (κ2) is 11.2. The lowest BCUT2D eigenvalue weighted by Gasteiger charge is -2.27. The van der Waals surface area contributed by atoms with Crippen LogP contribution in [-0.2, 0) is 9.59 Å². The van der Waals surface area contributed by atoms with Gasteiger partial charge in [0.1, 0.15) is 11.7 Å². The van der Waals surface area contributed by atoms with E-state index in [1.165, 1.54) is 0 Å². The van der Waals surface area contributed by atoms with Crippen LogP contribution < -0.4 is 16.0 Å². The van der Waals surface area contributed by atoms with Crippen molar-refractivity contribution in [3.8, 4) is 0 Å². The number of hydrogen-bond acceptors (Lipinski definition) is 5. The second-order valence-corrected chi connectivity index (χ2v) is 9.17. The lowest BCUT2D eigenvalue weighted by atomic mass is 9.87. The minimum Gasteiger partial charge on any atom is -0.391 e. The number of allylic oxidation sites excluding steroid dienone is 3. The van der Waals surface area contributed by atoms with E-state index in [0.29, 0.717) is 29.6 Å². The van der Waals surface area contributed by atoms with Crippen molar-refractivity contribution < 1.29 is 23.5 Å². The van der Waals surface area contributed by atoms with Crippen molar-refractivity contribution in [3.05, 3.63) is 64.0 Å². The fourth-order valence-corrected chi connectivity index (χ4v) is 4.08. The molecule has 1 aromatic rings. The van der Waals surface area contributed by atoms with Crippen molar-refractivity contribution in [2.75, 3.05) is 12.4 Å². The molecule has 1 aliphatic heterocycles. The zero-order chi connectivity index (χ0) is 26.6. The van der Waals surface area contributed by atoms with Gasteiger partial charge < -0.3 is 21.1 Å². The highest BCUT2D eigenvalue weighted by Crippen LogP contribution is 2.49. The van der Waals surface area contributed by atoms with Gasteiger partial charge in [-0.2, -0.15) is 0 Å². The number of hydrogen-bond donors (Lipinski definition) is 4. The van der Waals surface area contributed by atoms with E-state index in [-0.39, 0.29) is 17.8 Å². The zero-order valence-corrected chi connectivity index (χ0v) is 21.3. The first kappa shape index (κ1) is 27.3. The number of amides is 2. The summed E-state index contributed by atoms with van der Waals surface area (Å²) in [7, 11) is 1.57. The molecular formula is C27H34F2N4O3. The Bertz CT molecular complexity index is 1150.